The average Bonchev–Trinajstić information content (AvgIpc) is 2.98. The molecule has 0 spiro atoms. The second kappa shape index (κ2) is 8.30. The van der Waals surface area contributed by atoms with Crippen LogP contribution >= 0.6 is 11.3 Å². The second-order valence-corrected chi connectivity index (χ2v) is 7.84. The summed E-state index contributed by atoms with van der Waals surface area (Å²) >= 11 is 1.82. The molecule has 0 aliphatic carbocycles. The Hall–Kier alpha value is -0.380. The molecule has 1 saturated heterocycles. The summed E-state index contributed by atoms with van der Waals surface area (Å²) in [5, 5.41) is 8.30. The molecular weight excluding hydrogens is 276 g/mol. The summed E-state index contributed by atoms with van der Waals surface area (Å²) in [6.45, 7) is 13.0. The van der Waals surface area contributed by atoms with Gasteiger partial charge in [-0.25, -0.2) is 0 Å². The van der Waals surface area contributed by atoms with Crippen molar-refractivity contribution in [3.05, 3.63) is 22.4 Å². The first kappa shape index (κ1) is 17.0. The molecule has 1 aromatic rings. The topological polar surface area (TPSA) is 15.3 Å². The zero-order chi connectivity index (χ0) is 15.2. The smallest absolute Gasteiger partial charge is 0.0223 e. The lowest BCUT2D eigenvalue weighted by Crippen LogP contribution is -2.58. The molecule has 120 valence electrons. The van der Waals surface area contributed by atoms with Gasteiger partial charge in [0.2, 0.25) is 0 Å². The van der Waals surface area contributed by atoms with E-state index in [9.17, 15) is 0 Å². The maximum absolute atomic E-state index is 3.81. The maximum atomic E-state index is 3.81. The van der Waals surface area contributed by atoms with Gasteiger partial charge in [-0.2, -0.15) is 11.3 Å². The molecule has 0 saturated carbocycles. The molecular formula is C18H32N2S. The summed E-state index contributed by atoms with van der Waals surface area (Å²) in [6.07, 6.45) is 3.78. The van der Waals surface area contributed by atoms with E-state index in [1.54, 1.807) is 0 Å². The lowest BCUT2D eigenvalue weighted by atomic mass is 9.92. The molecule has 1 aromatic heterocycles. The first-order valence-corrected chi connectivity index (χ1v) is 9.53. The van der Waals surface area contributed by atoms with E-state index in [0.29, 0.717) is 12.1 Å². The zero-order valence-electron chi connectivity index (χ0n) is 14.1. The van der Waals surface area contributed by atoms with Crippen LogP contribution in [0.3, 0.4) is 0 Å². The summed E-state index contributed by atoms with van der Waals surface area (Å²) < 4.78 is 0. The molecule has 21 heavy (non-hydrogen) atoms. The summed E-state index contributed by atoms with van der Waals surface area (Å²) in [5.41, 5.74) is 1.50. The van der Waals surface area contributed by atoms with Crippen molar-refractivity contribution in [2.75, 3.05) is 19.6 Å². The van der Waals surface area contributed by atoms with Crippen molar-refractivity contribution in [3.8, 4) is 0 Å². The third-order valence-electron chi connectivity index (χ3n) is 4.91. The molecule has 1 fully saturated rings. The Bertz CT molecular complexity index is 388. The van der Waals surface area contributed by atoms with Crippen LogP contribution in [0.5, 0.6) is 0 Å². The van der Waals surface area contributed by atoms with Crippen molar-refractivity contribution in [1.82, 2.24) is 10.2 Å². The summed E-state index contributed by atoms with van der Waals surface area (Å²) in [6, 6.07) is 3.65. The van der Waals surface area contributed by atoms with E-state index in [0.717, 1.165) is 18.4 Å². The molecule has 1 aliphatic heterocycles. The van der Waals surface area contributed by atoms with Crippen LogP contribution in [-0.4, -0.2) is 36.6 Å². The van der Waals surface area contributed by atoms with Gasteiger partial charge < -0.3 is 5.32 Å². The van der Waals surface area contributed by atoms with Gasteiger partial charge in [0.05, 0.1) is 0 Å². The monoisotopic (exact) mass is 308 g/mol. The molecule has 1 N–H and O–H groups in total. The highest BCUT2D eigenvalue weighted by atomic mass is 32.1. The van der Waals surface area contributed by atoms with E-state index in [1.165, 1.54) is 37.9 Å². The van der Waals surface area contributed by atoms with E-state index < -0.39 is 0 Å². The molecule has 3 heteroatoms. The van der Waals surface area contributed by atoms with Crippen LogP contribution in [0.15, 0.2) is 16.8 Å². The lowest BCUT2D eigenvalue weighted by molar-refractivity contribution is 0.0969. The quantitative estimate of drug-likeness (QED) is 0.818. The minimum Gasteiger partial charge on any atom is -0.311 e. The lowest BCUT2D eigenvalue weighted by Gasteiger charge is -2.43. The molecule has 2 heterocycles. The fraction of sp³-hybridized carbons (Fsp3) is 0.778. The Labute approximate surface area is 134 Å². The van der Waals surface area contributed by atoms with Crippen molar-refractivity contribution in [2.45, 2.75) is 59.0 Å². The Morgan fingerprint density at radius 2 is 2.19 bits per heavy atom. The van der Waals surface area contributed by atoms with Gasteiger partial charge in [-0.05, 0) is 47.1 Å². The summed E-state index contributed by atoms with van der Waals surface area (Å²) in [5.74, 6) is 1.55. The van der Waals surface area contributed by atoms with Crippen LogP contribution in [0, 0.1) is 11.8 Å². The Morgan fingerprint density at radius 3 is 2.81 bits per heavy atom. The van der Waals surface area contributed by atoms with Crippen LogP contribution in [-0.2, 0) is 6.42 Å². The van der Waals surface area contributed by atoms with Crippen LogP contribution < -0.4 is 5.32 Å². The van der Waals surface area contributed by atoms with E-state index in [-0.39, 0.29) is 0 Å². The van der Waals surface area contributed by atoms with Gasteiger partial charge in [-0.15, -0.1) is 0 Å². The third-order valence-corrected chi connectivity index (χ3v) is 5.64. The van der Waals surface area contributed by atoms with Crippen molar-refractivity contribution < 1.29 is 0 Å². The maximum Gasteiger partial charge on any atom is 0.0223 e. The van der Waals surface area contributed by atoms with Crippen molar-refractivity contribution in [3.63, 3.8) is 0 Å². The minimum absolute atomic E-state index is 0.667. The SMILES string of the molecule is CCC(C)C1CN(CCc2ccsc2)C(CC(C)C)CN1. The molecule has 3 atom stereocenters. The zero-order valence-corrected chi connectivity index (χ0v) is 15.0. The van der Waals surface area contributed by atoms with Crippen molar-refractivity contribution >= 4 is 11.3 Å². The van der Waals surface area contributed by atoms with Gasteiger partial charge in [-0.3, -0.25) is 4.90 Å². The fourth-order valence-corrected chi connectivity index (χ4v) is 4.01. The molecule has 0 bridgehead atoms. The van der Waals surface area contributed by atoms with Gasteiger partial charge in [0, 0.05) is 31.7 Å². The Kier molecular flexibility index (Phi) is 6.72. The van der Waals surface area contributed by atoms with E-state index in [2.05, 4.69) is 54.7 Å². The van der Waals surface area contributed by atoms with Gasteiger partial charge in [0.15, 0.2) is 0 Å². The highest BCUT2D eigenvalue weighted by Gasteiger charge is 2.30. The predicted molar refractivity (Wildman–Crippen MR) is 94.1 cm³/mol. The van der Waals surface area contributed by atoms with Gasteiger partial charge in [-0.1, -0.05) is 34.1 Å². The van der Waals surface area contributed by atoms with Crippen LogP contribution in [0.2, 0.25) is 0 Å². The van der Waals surface area contributed by atoms with Crippen LogP contribution in [0.1, 0.15) is 46.1 Å². The number of rotatable bonds is 7. The molecule has 2 nitrogen and oxygen atoms in total. The average molecular weight is 309 g/mol. The first-order chi connectivity index (χ1) is 10.1. The number of hydrogen-bond acceptors (Lipinski definition) is 3. The highest BCUT2D eigenvalue weighted by molar-refractivity contribution is 7.07. The van der Waals surface area contributed by atoms with Gasteiger partial charge in [0.1, 0.15) is 0 Å². The Morgan fingerprint density at radius 1 is 1.38 bits per heavy atom. The largest absolute Gasteiger partial charge is 0.311 e. The van der Waals surface area contributed by atoms with E-state index in [1.807, 2.05) is 11.3 Å². The first-order valence-electron chi connectivity index (χ1n) is 8.58. The normalized spacial score (nSPS) is 25.4. The molecule has 2 rings (SSSR count). The second-order valence-electron chi connectivity index (χ2n) is 7.06. The van der Waals surface area contributed by atoms with Crippen LogP contribution in [0.25, 0.3) is 0 Å². The van der Waals surface area contributed by atoms with E-state index >= 15 is 0 Å². The Balaban J connectivity index is 1.94. The number of thiophene rings is 1. The number of nitrogens with zero attached hydrogens (tertiary/aromatic N) is 1. The molecule has 3 unspecified atom stereocenters. The predicted octanol–water partition coefficient (Wildman–Crippen LogP) is 4.03. The molecule has 1 aliphatic rings. The van der Waals surface area contributed by atoms with Gasteiger partial charge in [0.25, 0.3) is 0 Å². The third kappa shape index (κ3) is 5.08. The van der Waals surface area contributed by atoms with Crippen LogP contribution in [0.4, 0.5) is 0 Å². The number of piperazine rings is 1. The summed E-state index contributed by atoms with van der Waals surface area (Å²) in [4.78, 5) is 2.75. The van der Waals surface area contributed by atoms with Crippen molar-refractivity contribution in [2.24, 2.45) is 11.8 Å². The molecule has 0 amide bonds. The van der Waals surface area contributed by atoms with Crippen molar-refractivity contribution in [1.29, 1.82) is 0 Å². The standard InChI is InChI=1S/C18H32N2S/c1-5-15(4)18-12-20(8-6-16-7-9-21-13-16)17(11-19-18)10-14(2)3/h7,9,13-15,17-19H,5-6,8,10-12H2,1-4H3. The summed E-state index contributed by atoms with van der Waals surface area (Å²) in [7, 11) is 0. The molecule has 0 aromatic carbocycles. The number of nitrogens with one attached hydrogen (secondary N) is 1. The highest BCUT2D eigenvalue weighted by Crippen LogP contribution is 2.20. The minimum atomic E-state index is 0.667. The van der Waals surface area contributed by atoms with E-state index in [4.69, 9.17) is 0 Å². The van der Waals surface area contributed by atoms with Gasteiger partial charge >= 0.3 is 0 Å². The number of hydrogen-bond donors (Lipinski definition) is 1. The fourth-order valence-electron chi connectivity index (χ4n) is 3.31. The molecule has 0 radical (unpaired) electrons.